The van der Waals surface area contributed by atoms with Gasteiger partial charge >= 0.3 is 0 Å². The molecule has 3 rings (SSSR count). The van der Waals surface area contributed by atoms with Gasteiger partial charge in [0.2, 0.25) is 5.91 Å². The first-order chi connectivity index (χ1) is 11.3. The summed E-state index contributed by atoms with van der Waals surface area (Å²) in [6.07, 6.45) is 6.58. The molecule has 5 heteroatoms. The Morgan fingerprint density at radius 3 is 2.83 bits per heavy atom. The van der Waals surface area contributed by atoms with Crippen LogP contribution in [0.3, 0.4) is 0 Å². The van der Waals surface area contributed by atoms with E-state index in [1.165, 1.54) is 0 Å². The van der Waals surface area contributed by atoms with Crippen LogP contribution in [0.25, 0.3) is 0 Å². The quantitative estimate of drug-likeness (QED) is 0.888. The number of rotatable bonds is 6. The standard InChI is InChI=1S/C18H20N2O3/c1-22-16-8-7-15(20-18(21)14-5-2-6-14)10-17(16)23-12-13-4-3-9-19-11-13/h3-4,7-11,14H,2,5-6,12H2,1H3,(H,20,21). The number of pyridine rings is 1. The molecular formula is C18H20N2O3. The second kappa shape index (κ2) is 7.13. The Morgan fingerprint density at radius 1 is 1.30 bits per heavy atom. The minimum atomic E-state index is 0.0830. The van der Waals surface area contributed by atoms with Gasteiger partial charge in [-0.3, -0.25) is 9.78 Å². The molecule has 1 aromatic carbocycles. The molecule has 23 heavy (non-hydrogen) atoms. The number of nitrogens with one attached hydrogen (secondary N) is 1. The number of aromatic nitrogens is 1. The number of benzene rings is 1. The number of carbonyl (C=O) groups excluding carboxylic acids is 1. The van der Waals surface area contributed by atoms with Gasteiger partial charge < -0.3 is 14.8 Å². The fraction of sp³-hybridized carbons (Fsp3) is 0.333. The number of nitrogens with zero attached hydrogens (tertiary/aromatic N) is 1. The van der Waals surface area contributed by atoms with Crippen LogP contribution in [0, 0.1) is 5.92 Å². The van der Waals surface area contributed by atoms with Crippen LogP contribution in [0.15, 0.2) is 42.7 Å². The van der Waals surface area contributed by atoms with E-state index in [0.29, 0.717) is 18.1 Å². The third-order valence-electron chi connectivity index (χ3n) is 4.02. The van der Waals surface area contributed by atoms with E-state index in [0.717, 1.165) is 30.5 Å². The van der Waals surface area contributed by atoms with Crippen LogP contribution >= 0.6 is 0 Å². The van der Waals surface area contributed by atoms with Crippen LogP contribution < -0.4 is 14.8 Å². The normalized spacial score (nSPS) is 14.0. The monoisotopic (exact) mass is 312 g/mol. The average molecular weight is 312 g/mol. The van der Waals surface area contributed by atoms with Gasteiger partial charge in [0.15, 0.2) is 11.5 Å². The van der Waals surface area contributed by atoms with Gasteiger partial charge in [0.25, 0.3) is 0 Å². The summed E-state index contributed by atoms with van der Waals surface area (Å²) in [6.45, 7) is 0.393. The third-order valence-corrected chi connectivity index (χ3v) is 4.02. The molecule has 1 aromatic heterocycles. The molecule has 2 aromatic rings. The van der Waals surface area contributed by atoms with Crippen molar-refractivity contribution in [3.63, 3.8) is 0 Å². The summed E-state index contributed by atoms with van der Waals surface area (Å²) in [5, 5.41) is 2.95. The van der Waals surface area contributed by atoms with Gasteiger partial charge in [-0.1, -0.05) is 12.5 Å². The van der Waals surface area contributed by atoms with E-state index in [9.17, 15) is 4.79 Å². The van der Waals surface area contributed by atoms with Gasteiger partial charge in [0, 0.05) is 35.6 Å². The first-order valence-electron chi connectivity index (χ1n) is 7.77. The Morgan fingerprint density at radius 2 is 2.17 bits per heavy atom. The summed E-state index contributed by atoms with van der Waals surface area (Å²) in [6, 6.07) is 9.24. The highest BCUT2D eigenvalue weighted by Crippen LogP contribution is 2.32. The van der Waals surface area contributed by atoms with Gasteiger partial charge in [-0.2, -0.15) is 0 Å². The van der Waals surface area contributed by atoms with Crippen LogP contribution in [-0.4, -0.2) is 18.0 Å². The van der Waals surface area contributed by atoms with Gasteiger partial charge in [-0.15, -0.1) is 0 Å². The fourth-order valence-corrected chi connectivity index (χ4v) is 2.43. The van der Waals surface area contributed by atoms with Crippen molar-refractivity contribution in [3.05, 3.63) is 48.3 Å². The number of hydrogen-bond donors (Lipinski definition) is 1. The molecule has 0 radical (unpaired) electrons. The SMILES string of the molecule is COc1ccc(NC(=O)C2CCC2)cc1OCc1cccnc1. The molecule has 1 heterocycles. The number of hydrogen-bond acceptors (Lipinski definition) is 4. The topological polar surface area (TPSA) is 60.5 Å². The van der Waals surface area contributed by atoms with Crippen LogP contribution in [-0.2, 0) is 11.4 Å². The second-order valence-electron chi connectivity index (χ2n) is 5.63. The summed E-state index contributed by atoms with van der Waals surface area (Å²) >= 11 is 0. The van der Waals surface area contributed by atoms with E-state index >= 15 is 0 Å². The Balaban J connectivity index is 1.69. The third kappa shape index (κ3) is 3.80. The van der Waals surface area contributed by atoms with E-state index in [-0.39, 0.29) is 11.8 Å². The minimum Gasteiger partial charge on any atom is -0.493 e. The molecule has 0 aliphatic heterocycles. The maximum Gasteiger partial charge on any atom is 0.227 e. The average Bonchev–Trinajstić information content (AvgIpc) is 2.52. The molecule has 1 N–H and O–H groups in total. The van der Waals surface area contributed by atoms with Gasteiger partial charge in [-0.25, -0.2) is 0 Å². The maximum absolute atomic E-state index is 12.0. The van der Waals surface area contributed by atoms with Crippen molar-refractivity contribution < 1.29 is 14.3 Å². The van der Waals surface area contributed by atoms with Gasteiger partial charge in [0.1, 0.15) is 6.61 Å². The zero-order valence-corrected chi connectivity index (χ0v) is 13.1. The molecule has 5 nitrogen and oxygen atoms in total. The molecule has 1 fully saturated rings. The number of anilines is 1. The van der Waals surface area contributed by atoms with E-state index in [1.807, 2.05) is 18.2 Å². The summed E-state index contributed by atoms with van der Waals surface area (Å²) in [5.41, 5.74) is 1.70. The Hall–Kier alpha value is -2.56. The molecular weight excluding hydrogens is 292 g/mol. The highest BCUT2D eigenvalue weighted by molar-refractivity contribution is 5.93. The highest BCUT2D eigenvalue weighted by atomic mass is 16.5. The Kier molecular flexibility index (Phi) is 4.76. The van der Waals surface area contributed by atoms with E-state index in [1.54, 1.807) is 31.6 Å². The lowest BCUT2D eigenvalue weighted by atomic mass is 9.85. The smallest absolute Gasteiger partial charge is 0.227 e. The van der Waals surface area contributed by atoms with Crippen molar-refractivity contribution in [1.29, 1.82) is 0 Å². The van der Waals surface area contributed by atoms with Crippen LogP contribution in [0.2, 0.25) is 0 Å². The first kappa shape index (κ1) is 15.3. The zero-order valence-electron chi connectivity index (χ0n) is 13.1. The van der Waals surface area contributed by atoms with Crippen molar-refractivity contribution in [2.75, 3.05) is 12.4 Å². The molecule has 0 atom stereocenters. The maximum atomic E-state index is 12.0. The Bertz CT molecular complexity index is 669. The van der Waals surface area contributed by atoms with E-state index in [2.05, 4.69) is 10.3 Å². The number of amides is 1. The predicted molar refractivity (Wildman–Crippen MR) is 87.5 cm³/mol. The van der Waals surface area contributed by atoms with Gasteiger partial charge in [-0.05, 0) is 31.0 Å². The number of carbonyl (C=O) groups is 1. The van der Waals surface area contributed by atoms with Crippen molar-refractivity contribution >= 4 is 11.6 Å². The molecule has 0 bridgehead atoms. The van der Waals surface area contributed by atoms with E-state index in [4.69, 9.17) is 9.47 Å². The van der Waals surface area contributed by atoms with Crippen molar-refractivity contribution in [2.45, 2.75) is 25.9 Å². The molecule has 0 spiro atoms. The molecule has 1 aliphatic carbocycles. The first-order valence-corrected chi connectivity index (χ1v) is 7.77. The Labute approximate surface area is 135 Å². The van der Waals surface area contributed by atoms with Crippen molar-refractivity contribution in [3.8, 4) is 11.5 Å². The number of methoxy groups -OCH3 is 1. The molecule has 120 valence electrons. The molecule has 1 saturated carbocycles. The molecule has 1 amide bonds. The molecule has 0 saturated heterocycles. The van der Waals surface area contributed by atoms with Gasteiger partial charge in [0.05, 0.1) is 7.11 Å². The lowest BCUT2D eigenvalue weighted by molar-refractivity contribution is -0.122. The highest BCUT2D eigenvalue weighted by Gasteiger charge is 2.25. The second-order valence-corrected chi connectivity index (χ2v) is 5.63. The number of ether oxygens (including phenoxy) is 2. The van der Waals surface area contributed by atoms with Crippen LogP contribution in [0.1, 0.15) is 24.8 Å². The molecule has 1 aliphatic rings. The summed E-state index contributed by atoms with van der Waals surface area (Å²) < 4.78 is 11.1. The summed E-state index contributed by atoms with van der Waals surface area (Å²) in [4.78, 5) is 16.1. The lowest BCUT2D eigenvalue weighted by Gasteiger charge is -2.24. The van der Waals surface area contributed by atoms with E-state index < -0.39 is 0 Å². The van der Waals surface area contributed by atoms with Crippen LogP contribution in [0.4, 0.5) is 5.69 Å². The largest absolute Gasteiger partial charge is 0.493 e. The van der Waals surface area contributed by atoms with Crippen molar-refractivity contribution in [2.24, 2.45) is 5.92 Å². The van der Waals surface area contributed by atoms with Crippen LogP contribution in [0.5, 0.6) is 11.5 Å². The lowest BCUT2D eigenvalue weighted by Crippen LogP contribution is -2.28. The molecule has 0 unspecified atom stereocenters. The fourth-order valence-electron chi connectivity index (χ4n) is 2.43. The summed E-state index contributed by atoms with van der Waals surface area (Å²) in [5.74, 6) is 1.47. The predicted octanol–water partition coefficient (Wildman–Crippen LogP) is 3.41. The summed E-state index contributed by atoms with van der Waals surface area (Å²) in [7, 11) is 1.60. The minimum absolute atomic E-state index is 0.0830. The van der Waals surface area contributed by atoms with Crippen molar-refractivity contribution in [1.82, 2.24) is 4.98 Å². The zero-order chi connectivity index (χ0) is 16.1.